The van der Waals surface area contributed by atoms with E-state index in [1.165, 1.54) is 16.5 Å². The zero-order chi connectivity index (χ0) is 26.1. The number of amides is 1. The van der Waals surface area contributed by atoms with Crippen LogP contribution in [0.1, 0.15) is 70.6 Å². The van der Waals surface area contributed by atoms with E-state index in [2.05, 4.69) is 86.2 Å². The van der Waals surface area contributed by atoms with E-state index >= 15 is 0 Å². The zero-order valence-electron chi connectivity index (χ0n) is 22.9. The lowest BCUT2D eigenvalue weighted by molar-refractivity contribution is -0.133. The molecule has 2 N–H and O–H groups in total. The van der Waals surface area contributed by atoms with Gasteiger partial charge >= 0.3 is 0 Å². The van der Waals surface area contributed by atoms with Gasteiger partial charge in [0.2, 0.25) is 5.91 Å². The molecular formula is C31H45N3O2. The average Bonchev–Trinajstić information content (AvgIpc) is 3.27. The second-order valence-electron chi connectivity index (χ2n) is 11.0. The van der Waals surface area contributed by atoms with E-state index < -0.39 is 6.10 Å². The number of aromatic amines is 1. The van der Waals surface area contributed by atoms with Crippen LogP contribution in [0.25, 0.3) is 10.9 Å². The van der Waals surface area contributed by atoms with Crippen LogP contribution in [0.2, 0.25) is 0 Å². The Morgan fingerprint density at radius 2 is 1.75 bits per heavy atom. The number of aromatic nitrogens is 1. The Labute approximate surface area is 217 Å². The minimum Gasteiger partial charge on any atom is -0.392 e. The highest BCUT2D eigenvalue weighted by Crippen LogP contribution is 2.23. The van der Waals surface area contributed by atoms with Crippen LogP contribution in [0.3, 0.4) is 0 Å². The van der Waals surface area contributed by atoms with Crippen molar-refractivity contribution < 1.29 is 9.90 Å². The van der Waals surface area contributed by atoms with E-state index in [1.54, 1.807) is 0 Å². The smallest absolute Gasteiger partial charge is 0.237 e. The number of carbonyl (C=O) groups is 1. The molecule has 0 saturated heterocycles. The van der Waals surface area contributed by atoms with Crippen molar-refractivity contribution in [3.8, 4) is 0 Å². The second-order valence-corrected chi connectivity index (χ2v) is 11.0. The first-order valence-corrected chi connectivity index (χ1v) is 13.5. The van der Waals surface area contributed by atoms with Crippen LogP contribution in [0.4, 0.5) is 0 Å². The number of fused-ring (bicyclic) bond motifs is 1. The summed E-state index contributed by atoms with van der Waals surface area (Å²) in [5.74, 6) is 0.120. The van der Waals surface area contributed by atoms with Gasteiger partial charge in [0.15, 0.2) is 0 Å². The van der Waals surface area contributed by atoms with Gasteiger partial charge in [0.05, 0.1) is 12.6 Å². The zero-order valence-corrected chi connectivity index (χ0v) is 22.9. The van der Waals surface area contributed by atoms with Gasteiger partial charge in [-0.25, -0.2) is 0 Å². The van der Waals surface area contributed by atoms with E-state index in [-0.39, 0.29) is 11.3 Å². The fourth-order valence-corrected chi connectivity index (χ4v) is 4.55. The monoisotopic (exact) mass is 491 g/mol. The SMILES string of the molecule is CCCCN(CC(=O)N(CCc1c[nH]c2ccccc12)Cc1ccc(C(C)(C)C)cc1)CC(O)CC. The van der Waals surface area contributed by atoms with E-state index in [0.717, 1.165) is 36.9 Å². The molecule has 0 radical (unpaired) electrons. The van der Waals surface area contributed by atoms with Crippen molar-refractivity contribution in [1.29, 1.82) is 0 Å². The van der Waals surface area contributed by atoms with E-state index in [4.69, 9.17) is 0 Å². The molecular weight excluding hydrogens is 446 g/mol. The van der Waals surface area contributed by atoms with Crippen LogP contribution < -0.4 is 0 Å². The van der Waals surface area contributed by atoms with Crippen LogP contribution >= 0.6 is 0 Å². The third-order valence-corrected chi connectivity index (χ3v) is 7.00. The molecule has 5 heteroatoms. The van der Waals surface area contributed by atoms with Crippen LogP contribution in [0, 0.1) is 0 Å². The van der Waals surface area contributed by atoms with Crippen molar-refractivity contribution in [2.75, 3.05) is 26.2 Å². The third-order valence-electron chi connectivity index (χ3n) is 7.00. The molecule has 1 atom stereocenters. The molecule has 3 rings (SSSR count). The molecule has 0 aliphatic heterocycles. The van der Waals surface area contributed by atoms with Crippen LogP contribution in [0.15, 0.2) is 54.7 Å². The van der Waals surface area contributed by atoms with Crippen molar-refractivity contribution >= 4 is 16.8 Å². The summed E-state index contributed by atoms with van der Waals surface area (Å²) < 4.78 is 0. The number of unbranched alkanes of at least 4 members (excludes halogenated alkanes) is 1. The summed E-state index contributed by atoms with van der Waals surface area (Å²) in [6.45, 7) is 13.7. The van der Waals surface area contributed by atoms with E-state index in [0.29, 0.717) is 32.6 Å². The number of benzene rings is 2. The number of aliphatic hydroxyl groups is 1. The molecule has 2 aromatic carbocycles. The van der Waals surface area contributed by atoms with Crippen molar-refractivity contribution in [3.05, 3.63) is 71.4 Å². The number of carbonyl (C=O) groups excluding carboxylic acids is 1. The van der Waals surface area contributed by atoms with Crippen molar-refractivity contribution in [1.82, 2.24) is 14.8 Å². The first kappa shape index (κ1) is 27.9. The molecule has 1 unspecified atom stereocenters. The molecule has 3 aromatic rings. The number of H-pyrrole nitrogens is 1. The molecule has 0 saturated carbocycles. The van der Waals surface area contributed by atoms with E-state index in [1.807, 2.05) is 17.9 Å². The minimum atomic E-state index is -0.403. The predicted octanol–water partition coefficient (Wildman–Crippen LogP) is 5.91. The number of nitrogens with one attached hydrogen (secondary N) is 1. The van der Waals surface area contributed by atoms with Gasteiger partial charge in [-0.1, -0.05) is 83.5 Å². The summed E-state index contributed by atoms with van der Waals surface area (Å²) in [4.78, 5) is 21.1. The van der Waals surface area contributed by atoms with Gasteiger partial charge in [-0.05, 0) is 54.0 Å². The van der Waals surface area contributed by atoms with Gasteiger partial charge in [-0.3, -0.25) is 9.69 Å². The van der Waals surface area contributed by atoms with Crippen molar-refractivity contribution in [2.24, 2.45) is 0 Å². The molecule has 0 spiro atoms. The molecule has 0 aliphatic carbocycles. The molecule has 0 bridgehead atoms. The van der Waals surface area contributed by atoms with Gasteiger partial charge in [0.25, 0.3) is 0 Å². The number of rotatable bonds is 13. The molecule has 0 fully saturated rings. The molecule has 1 aromatic heterocycles. The number of para-hydroxylation sites is 1. The largest absolute Gasteiger partial charge is 0.392 e. The molecule has 1 amide bonds. The van der Waals surface area contributed by atoms with E-state index in [9.17, 15) is 9.90 Å². The van der Waals surface area contributed by atoms with Gasteiger partial charge in [-0.15, -0.1) is 0 Å². The normalized spacial score (nSPS) is 12.9. The molecule has 0 aliphatic rings. The fourth-order valence-electron chi connectivity index (χ4n) is 4.55. The van der Waals surface area contributed by atoms with Gasteiger partial charge in [0, 0.05) is 36.7 Å². The maximum atomic E-state index is 13.6. The summed E-state index contributed by atoms with van der Waals surface area (Å²) in [5.41, 5.74) is 4.90. The molecule has 36 heavy (non-hydrogen) atoms. The quantitative estimate of drug-likeness (QED) is 0.312. The summed E-state index contributed by atoms with van der Waals surface area (Å²) in [6, 6.07) is 17.0. The van der Waals surface area contributed by atoms with Gasteiger partial charge < -0.3 is 15.0 Å². The summed E-state index contributed by atoms with van der Waals surface area (Å²) in [5, 5.41) is 11.5. The van der Waals surface area contributed by atoms with Crippen molar-refractivity contribution in [2.45, 2.75) is 78.4 Å². The first-order chi connectivity index (χ1) is 17.2. The van der Waals surface area contributed by atoms with Gasteiger partial charge in [-0.2, -0.15) is 0 Å². The highest BCUT2D eigenvalue weighted by molar-refractivity contribution is 5.83. The highest BCUT2D eigenvalue weighted by Gasteiger charge is 2.20. The van der Waals surface area contributed by atoms with Crippen molar-refractivity contribution in [3.63, 3.8) is 0 Å². The lowest BCUT2D eigenvalue weighted by atomic mass is 9.87. The Morgan fingerprint density at radius 3 is 2.42 bits per heavy atom. The number of hydrogen-bond donors (Lipinski definition) is 2. The minimum absolute atomic E-state index is 0.100. The summed E-state index contributed by atoms with van der Waals surface area (Å²) >= 11 is 0. The second kappa shape index (κ2) is 13.1. The molecule has 5 nitrogen and oxygen atoms in total. The highest BCUT2D eigenvalue weighted by atomic mass is 16.3. The van der Waals surface area contributed by atoms with Crippen LogP contribution in [-0.4, -0.2) is 58.1 Å². The lowest BCUT2D eigenvalue weighted by Crippen LogP contribution is -2.43. The Hall–Kier alpha value is -2.63. The molecule has 1 heterocycles. The van der Waals surface area contributed by atoms with Crippen LogP contribution in [0.5, 0.6) is 0 Å². The fraction of sp³-hybridized carbons (Fsp3) is 0.516. The maximum Gasteiger partial charge on any atom is 0.237 e. The summed E-state index contributed by atoms with van der Waals surface area (Å²) in [7, 11) is 0. The number of nitrogens with zero attached hydrogens (tertiary/aromatic N) is 2. The topological polar surface area (TPSA) is 59.6 Å². The number of hydrogen-bond acceptors (Lipinski definition) is 3. The average molecular weight is 492 g/mol. The standard InChI is InChI=1S/C31H45N3O2/c1-6-8-18-33(22-27(35)7-2)23-30(36)34(21-24-13-15-26(16-14-24)31(3,4)5)19-17-25-20-32-29-12-10-9-11-28(25)29/h9-16,20,27,32,35H,6-8,17-19,21-23H2,1-5H3. The van der Waals surface area contributed by atoms with Gasteiger partial charge in [0.1, 0.15) is 0 Å². The van der Waals surface area contributed by atoms with Crippen LogP contribution in [-0.2, 0) is 23.2 Å². The Bertz CT molecular complexity index is 1080. The lowest BCUT2D eigenvalue weighted by Gasteiger charge is -2.29. The Balaban J connectivity index is 1.77. The Morgan fingerprint density at radius 1 is 1.03 bits per heavy atom. The molecule has 196 valence electrons. The third kappa shape index (κ3) is 7.94. The first-order valence-electron chi connectivity index (χ1n) is 13.5. The maximum absolute atomic E-state index is 13.6. The summed E-state index contributed by atoms with van der Waals surface area (Å²) in [6.07, 6.45) is 5.24. The number of aliphatic hydroxyl groups excluding tert-OH is 1. The Kier molecular flexibility index (Phi) is 10.1. The predicted molar refractivity (Wildman–Crippen MR) is 150 cm³/mol.